The number of hydrazine groups is 2. The zero-order chi connectivity index (χ0) is 11.2. The molecule has 0 aliphatic carbocycles. The quantitative estimate of drug-likeness (QED) is 0.712. The van der Waals surface area contributed by atoms with Crippen molar-refractivity contribution in [3.05, 3.63) is 0 Å². The molecule has 2 heterocycles. The first kappa shape index (κ1) is 12.1. The molecule has 2 aliphatic heterocycles. The van der Waals surface area contributed by atoms with Crippen LogP contribution in [0, 0.1) is 0 Å². The second-order valence-electron chi connectivity index (χ2n) is 4.65. The number of nitrogens with one attached hydrogen (secondary N) is 2. The molecule has 2 N–H and O–H groups in total. The van der Waals surface area contributed by atoms with Gasteiger partial charge in [0.05, 0.1) is 0 Å². The summed E-state index contributed by atoms with van der Waals surface area (Å²) in [4.78, 5) is 0. The monoisotopic (exact) mass is 242 g/mol. The van der Waals surface area contributed by atoms with Crippen LogP contribution in [0.25, 0.3) is 0 Å². The van der Waals surface area contributed by atoms with E-state index in [1.807, 2.05) is 0 Å². The summed E-state index contributed by atoms with van der Waals surface area (Å²) in [6, 6.07) is 0. The van der Waals surface area contributed by atoms with Gasteiger partial charge in [-0.05, 0) is 37.9 Å². The van der Waals surface area contributed by atoms with Gasteiger partial charge >= 0.3 is 0 Å². The first-order chi connectivity index (χ1) is 7.84. The van der Waals surface area contributed by atoms with Crippen LogP contribution >= 0.6 is 12.2 Å². The summed E-state index contributed by atoms with van der Waals surface area (Å²) in [7, 11) is 0. The van der Waals surface area contributed by atoms with Gasteiger partial charge in [-0.15, -0.1) is 0 Å². The molecule has 5 heteroatoms. The minimum atomic E-state index is 0.754. The van der Waals surface area contributed by atoms with Crippen LogP contribution in [0.2, 0.25) is 0 Å². The molecule has 0 atom stereocenters. The van der Waals surface area contributed by atoms with E-state index >= 15 is 0 Å². The van der Waals surface area contributed by atoms with E-state index in [2.05, 4.69) is 20.9 Å². The van der Waals surface area contributed by atoms with E-state index in [1.54, 1.807) is 0 Å². The topological polar surface area (TPSA) is 30.5 Å². The van der Waals surface area contributed by atoms with Crippen molar-refractivity contribution in [2.75, 3.05) is 26.2 Å². The van der Waals surface area contributed by atoms with Crippen molar-refractivity contribution >= 4 is 17.3 Å². The van der Waals surface area contributed by atoms with Gasteiger partial charge in [0.2, 0.25) is 0 Å². The van der Waals surface area contributed by atoms with Crippen molar-refractivity contribution in [2.45, 2.75) is 38.5 Å². The highest BCUT2D eigenvalue weighted by atomic mass is 32.1. The molecule has 0 aromatic rings. The minimum Gasteiger partial charge on any atom is -0.295 e. The fourth-order valence-electron chi connectivity index (χ4n) is 2.32. The normalized spacial score (nSPS) is 24.0. The number of piperidine rings is 2. The molecule has 0 amide bonds. The third-order valence-corrected chi connectivity index (χ3v) is 3.41. The Morgan fingerprint density at radius 3 is 1.44 bits per heavy atom. The molecule has 92 valence electrons. The molecule has 0 aromatic carbocycles. The molecule has 16 heavy (non-hydrogen) atoms. The number of hydrogen-bond acceptors (Lipinski definition) is 3. The maximum Gasteiger partial charge on any atom is 0.195 e. The Morgan fingerprint density at radius 2 is 1.06 bits per heavy atom. The van der Waals surface area contributed by atoms with E-state index in [-0.39, 0.29) is 0 Å². The molecular formula is C11H22N4S. The summed E-state index contributed by atoms with van der Waals surface area (Å²) in [5, 5.41) is 5.20. The summed E-state index contributed by atoms with van der Waals surface area (Å²) in [5.74, 6) is 0. The predicted octanol–water partition coefficient (Wildman–Crippen LogP) is 1.25. The highest BCUT2D eigenvalue weighted by molar-refractivity contribution is 7.80. The largest absolute Gasteiger partial charge is 0.295 e. The van der Waals surface area contributed by atoms with Crippen molar-refractivity contribution in [3.63, 3.8) is 0 Å². The van der Waals surface area contributed by atoms with Gasteiger partial charge in [-0.3, -0.25) is 10.9 Å². The molecule has 2 fully saturated rings. The highest BCUT2D eigenvalue weighted by Crippen LogP contribution is 2.07. The Balaban J connectivity index is 1.66. The maximum absolute atomic E-state index is 5.31. The van der Waals surface area contributed by atoms with Crippen LogP contribution in [0.4, 0.5) is 0 Å². The number of rotatable bonds is 2. The standard InChI is InChI=1S/C11H22N4S/c16-11(12-14-7-3-1-4-8-14)13-15-9-5-2-6-10-15/h1-10H2,(H2,12,13,16). The van der Waals surface area contributed by atoms with E-state index in [4.69, 9.17) is 12.2 Å². The second-order valence-corrected chi connectivity index (χ2v) is 5.06. The Hall–Kier alpha value is -0.390. The predicted molar refractivity (Wildman–Crippen MR) is 69.7 cm³/mol. The first-order valence-electron chi connectivity index (χ1n) is 6.42. The summed E-state index contributed by atoms with van der Waals surface area (Å²) in [5.41, 5.74) is 6.56. The van der Waals surface area contributed by atoms with Gasteiger partial charge in [0.1, 0.15) is 0 Å². The molecule has 0 spiro atoms. The lowest BCUT2D eigenvalue weighted by atomic mass is 10.2. The van der Waals surface area contributed by atoms with Crippen molar-refractivity contribution in [2.24, 2.45) is 0 Å². The third kappa shape index (κ3) is 3.88. The number of hydrogen-bond donors (Lipinski definition) is 2. The lowest BCUT2D eigenvalue weighted by molar-refractivity contribution is 0.166. The molecule has 2 aliphatic rings. The van der Waals surface area contributed by atoms with Gasteiger partial charge in [-0.2, -0.15) is 0 Å². The van der Waals surface area contributed by atoms with Crippen molar-refractivity contribution in [1.29, 1.82) is 0 Å². The summed E-state index contributed by atoms with van der Waals surface area (Å²) in [6.07, 6.45) is 7.81. The fourth-order valence-corrected chi connectivity index (χ4v) is 2.58. The van der Waals surface area contributed by atoms with Crippen LogP contribution in [0.5, 0.6) is 0 Å². The zero-order valence-corrected chi connectivity index (χ0v) is 10.7. The van der Waals surface area contributed by atoms with Crippen LogP contribution in [-0.4, -0.2) is 41.3 Å². The van der Waals surface area contributed by atoms with E-state index in [0.717, 1.165) is 31.3 Å². The van der Waals surface area contributed by atoms with E-state index < -0.39 is 0 Å². The maximum atomic E-state index is 5.31. The summed E-state index contributed by atoms with van der Waals surface area (Å²) < 4.78 is 0. The molecule has 2 saturated heterocycles. The Kier molecular flexibility index (Phi) is 4.81. The van der Waals surface area contributed by atoms with Gasteiger partial charge < -0.3 is 0 Å². The lowest BCUT2D eigenvalue weighted by Crippen LogP contribution is -2.54. The van der Waals surface area contributed by atoms with E-state index in [9.17, 15) is 0 Å². The van der Waals surface area contributed by atoms with Crippen LogP contribution in [0.15, 0.2) is 0 Å². The SMILES string of the molecule is S=C(NN1CCCCC1)NN1CCCCC1. The smallest absolute Gasteiger partial charge is 0.195 e. The minimum absolute atomic E-state index is 0.754. The number of thiocarbonyl (C=S) groups is 1. The van der Waals surface area contributed by atoms with E-state index in [1.165, 1.54) is 38.5 Å². The highest BCUT2D eigenvalue weighted by Gasteiger charge is 2.14. The first-order valence-corrected chi connectivity index (χ1v) is 6.82. The van der Waals surface area contributed by atoms with Gasteiger partial charge in [0, 0.05) is 26.2 Å². The lowest BCUT2D eigenvalue weighted by Gasteiger charge is -2.32. The molecule has 0 radical (unpaired) electrons. The molecule has 4 nitrogen and oxygen atoms in total. The van der Waals surface area contributed by atoms with Crippen LogP contribution in [0.1, 0.15) is 38.5 Å². The average Bonchev–Trinajstić information content (AvgIpc) is 2.31. The van der Waals surface area contributed by atoms with Gasteiger partial charge in [0.15, 0.2) is 5.11 Å². The van der Waals surface area contributed by atoms with Crippen molar-refractivity contribution in [3.8, 4) is 0 Å². The zero-order valence-electron chi connectivity index (χ0n) is 9.87. The summed E-state index contributed by atoms with van der Waals surface area (Å²) >= 11 is 5.31. The number of nitrogens with zero attached hydrogens (tertiary/aromatic N) is 2. The fraction of sp³-hybridized carbons (Fsp3) is 0.909. The van der Waals surface area contributed by atoms with Crippen molar-refractivity contribution in [1.82, 2.24) is 20.9 Å². The molecular weight excluding hydrogens is 220 g/mol. The third-order valence-electron chi connectivity index (χ3n) is 3.23. The van der Waals surface area contributed by atoms with Crippen LogP contribution < -0.4 is 10.9 Å². The molecule has 0 aromatic heterocycles. The van der Waals surface area contributed by atoms with Crippen LogP contribution in [0.3, 0.4) is 0 Å². The second kappa shape index (κ2) is 6.37. The van der Waals surface area contributed by atoms with E-state index in [0.29, 0.717) is 0 Å². The molecule has 0 unspecified atom stereocenters. The Bertz CT molecular complexity index is 200. The molecule has 0 bridgehead atoms. The van der Waals surface area contributed by atoms with Crippen LogP contribution in [-0.2, 0) is 0 Å². The van der Waals surface area contributed by atoms with Gasteiger partial charge in [0.25, 0.3) is 0 Å². The Morgan fingerprint density at radius 1 is 0.688 bits per heavy atom. The molecule has 0 saturated carbocycles. The van der Waals surface area contributed by atoms with Gasteiger partial charge in [-0.25, -0.2) is 10.0 Å². The Labute approximate surface area is 103 Å². The van der Waals surface area contributed by atoms with Crippen molar-refractivity contribution < 1.29 is 0 Å². The van der Waals surface area contributed by atoms with Gasteiger partial charge in [-0.1, -0.05) is 12.8 Å². The summed E-state index contributed by atoms with van der Waals surface area (Å²) in [6.45, 7) is 4.45. The average molecular weight is 242 g/mol. The molecule has 2 rings (SSSR count).